The van der Waals surface area contributed by atoms with Crippen molar-refractivity contribution in [3.8, 4) is 0 Å². The summed E-state index contributed by atoms with van der Waals surface area (Å²) in [6.07, 6.45) is 1.00. The minimum atomic E-state index is -0.0333. The van der Waals surface area contributed by atoms with E-state index < -0.39 is 0 Å². The van der Waals surface area contributed by atoms with Crippen LogP contribution in [-0.4, -0.2) is 55.6 Å². The number of nitrogens with zero attached hydrogens (tertiary/aromatic N) is 4. The molecule has 110 valence electrons. The van der Waals surface area contributed by atoms with Crippen molar-refractivity contribution in [2.75, 3.05) is 27.7 Å². The molecule has 2 heterocycles. The summed E-state index contributed by atoms with van der Waals surface area (Å²) < 4.78 is 0. The van der Waals surface area contributed by atoms with Crippen molar-refractivity contribution in [1.29, 1.82) is 0 Å². The Morgan fingerprint density at radius 1 is 1.25 bits per heavy atom. The highest BCUT2D eigenvalue weighted by atomic mass is 32.1. The van der Waals surface area contributed by atoms with E-state index in [2.05, 4.69) is 45.6 Å². The molecule has 0 amide bonds. The van der Waals surface area contributed by atoms with Gasteiger partial charge in [0.05, 0.1) is 0 Å². The second-order valence-corrected chi connectivity index (χ2v) is 6.35. The van der Waals surface area contributed by atoms with Gasteiger partial charge in [-0.25, -0.2) is 9.98 Å². The van der Waals surface area contributed by atoms with E-state index in [1.165, 1.54) is 10.4 Å². The van der Waals surface area contributed by atoms with Gasteiger partial charge in [-0.15, -0.1) is 11.3 Å². The summed E-state index contributed by atoms with van der Waals surface area (Å²) in [5.74, 6) is 1.75. The first kappa shape index (κ1) is 14.8. The zero-order valence-corrected chi connectivity index (χ0v) is 13.7. The van der Waals surface area contributed by atoms with Crippen molar-refractivity contribution in [3.05, 3.63) is 21.9 Å². The molecule has 0 saturated heterocycles. The third kappa shape index (κ3) is 3.50. The number of aliphatic imine (C=N–C) groups is 2. The Morgan fingerprint density at radius 2 is 1.95 bits per heavy atom. The van der Waals surface area contributed by atoms with Gasteiger partial charge in [0, 0.05) is 32.6 Å². The standard InChI is InChI=1S/C14H23N5S/c1-10-12(7-9-20-10)6-8-19(5)14-16-11(2)15-13(17-14)18(3)4/h7,9,11H,6,8H2,1-5H3,(H,15,16,17). The van der Waals surface area contributed by atoms with Crippen molar-refractivity contribution in [1.82, 2.24) is 15.1 Å². The van der Waals surface area contributed by atoms with Gasteiger partial charge < -0.3 is 9.80 Å². The summed E-state index contributed by atoms with van der Waals surface area (Å²) in [4.78, 5) is 14.6. The maximum Gasteiger partial charge on any atom is 0.202 e. The lowest BCUT2D eigenvalue weighted by Gasteiger charge is -2.29. The molecular formula is C14H23N5S. The highest BCUT2D eigenvalue weighted by molar-refractivity contribution is 7.10. The van der Waals surface area contributed by atoms with Crippen molar-refractivity contribution >= 4 is 23.3 Å². The monoisotopic (exact) mass is 293 g/mol. The molecule has 0 aliphatic carbocycles. The second-order valence-electron chi connectivity index (χ2n) is 5.23. The molecule has 6 heteroatoms. The van der Waals surface area contributed by atoms with Gasteiger partial charge in [-0.05, 0) is 37.3 Å². The van der Waals surface area contributed by atoms with Crippen LogP contribution in [0.4, 0.5) is 0 Å². The Morgan fingerprint density at radius 3 is 2.55 bits per heavy atom. The molecule has 1 aliphatic heterocycles. The summed E-state index contributed by atoms with van der Waals surface area (Å²) in [7, 11) is 6.03. The van der Waals surface area contributed by atoms with Gasteiger partial charge in [-0.2, -0.15) is 0 Å². The molecule has 1 aliphatic rings. The average Bonchev–Trinajstić information content (AvgIpc) is 2.80. The highest BCUT2D eigenvalue weighted by Crippen LogP contribution is 2.15. The van der Waals surface area contributed by atoms with Gasteiger partial charge >= 0.3 is 0 Å². The lowest BCUT2D eigenvalue weighted by atomic mass is 10.2. The van der Waals surface area contributed by atoms with Crippen LogP contribution in [-0.2, 0) is 6.42 Å². The van der Waals surface area contributed by atoms with Gasteiger partial charge in [-0.1, -0.05) is 0 Å². The maximum atomic E-state index is 4.56. The fourth-order valence-corrected chi connectivity index (χ4v) is 2.79. The molecule has 2 rings (SSSR count). The second kappa shape index (κ2) is 6.26. The fourth-order valence-electron chi connectivity index (χ4n) is 2.03. The summed E-state index contributed by atoms with van der Waals surface area (Å²) in [5.41, 5.74) is 1.42. The van der Waals surface area contributed by atoms with E-state index in [1.807, 2.05) is 25.9 Å². The maximum absolute atomic E-state index is 4.56. The third-order valence-electron chi connectivity index (χ3n) is 3.31. The smallest absolute Gasteiger partial charge is 0.202 e. The number of likely N-dealkylation sites (N-methyl/N-ethyl adjacent to an activating group) is 1. The van der Waals surface area contributed by atoms with Gasteiger partial charge in [0.15, 0.2) is 0 Å². The molecule has 5 nitrogen and oxygen atoms in total. The zero-order valence-electron chi connectivity index (χ0n) is 12.8. The van der Waals surface area contributed by atoms with Crippen LogP contribution in [0.15, 0.2) is 21.4 Å². The topological polar surface area (TPSA) is 43.2 Å². The number of guanidine groups is 2. The van der Waals surface area contributed by atoms with Crippen molar-refractivity contribution in [2.24, 2.45) is 9.98 Å². The predicted octanol–water partition coefficient (Wildman–Crippen LogP) is 1.75. The van der Waals surface area contributed by atoms with Crippen LogP contribution in [0.3, 0.4) is 0 Å². The molecule has 0 saturated carbocycles. The minimum Gasteiger partial charge on any atom is -0.349 e. The Kier molecular flexibility index (Phi) is 4.65. The van der Waals surface area contributed by atoms with Crippen LogP contribution in [0.5, 0.6) is 0 Å². The van der Waals surface area contributed by atoms with E-state index in [0.29, 0.717) is 0 Å². The highest BCUT2D eigenvalue weighted by Gasteiger charge is 2.17. The number of rotatable bonds is 3. The molecule has 1 unspecified atom stereocenters. The molecule has 20 heavy (non-hydrogen) atoms. The Labute approximate surface area is 125 Å². The normalized spacial score (nSPS) is 18.1. The quantitative estimate of drug-likeness (QED) is 0.923. The summed E-state index contributed by atoms with van der Waals surface area (Å²) in [6.45, 7) is 5.12. The van der Waals surface area contributed by atoms with E-state index in [4.69, 9.17) is 0 Å². The third-order valence-corrected chi connectivity index (χ3v) is 4.20. The minimum absolute atomic E-state index is 0.0333. The predicted molar refractivity (Wildman–Crippen MR) is 86.5 cm³/mol. The number of nitrogens with one attached hydrogen (secondary N) is 1. The van der Waals surface area contributed by atoms with Crippen molar-refractivity contribution in [2.45, 2.75) is 26.4 Å². The Hall–Kier alpha value is -1.56. The Bertz CT molecular complexity index is 517. The molecule has 0 spiro atoms. The lowest BCUT2D eigenvalue weighted by Crippen LogP contribution is -2.50. The van der Waals surface area contributed by atoms with Crippen molar-refractivity contribution in [3.63, 3.8) is 0 Å². The molecule has 1 aromatic rings. The first-order chi connectivity index (χ1) is 9.47. The van der Waals surface area contributed by atoms with E-state index in [-0.39, 0.29) is 6.17 Å². The van der Waals surface area contributed by atoms with Crippen LogP contribution in [0.2, 0.25) is 0 Å². The van der Waals surface area contributed by atoms with Crippen LogP contribution in [0.25, 0.3) is 0 Å². The average molecular weight is 293 g/mol. The van der Waals surface area contributed by atoms with Crippen LogP contribution in [0.1, 0.15) is 17.4 Å². The van der Waals surface area contributed by atoms with E-state index in [9.17, 15) is 0 Å². The first-order valence-electron chi connectivity index (χ1n) is 6.81. The molecule has 0 fully saturated rings. The summed E-state index contributed by atoms with van der Waals surface area (Å²) in [6, 6.07) is 2.21. The summed E-state index contributed by atoms with van der Waals surface area (Å²) >= 11 is 1.81. The van der Waals surface area contributed by atoms with Gasteiger partial charge in [-0.3, -0.25) is 5.32 Å². The molecule has 1 atom stereocenters. The fraction of sp³-hybridized carbons (Fsp3) is 0.571. The van der Waals surface area contributed by atoms with Crippen molar-refractivity contribution < 1.29 is 0 Å². The Balaban J connectivity index is 1.96. The van der Waals surface area contributed by atoms with E-state index >= 15 is 0 Å². The van der Waals surface area contributed by atoms with E-state index in [0.717, 1.165) is 24.9 Å². The lowest BCUT2D eigenvalue weighted by molar-refractivity contribution is 0.476. The SMILES string of the molecule is Cc1sccc1CCN(C)C1=NC(C)N=C(N(C)C)N1. The van der Waals surface area contributed by atoms with Gasteiger partial charge in [0.2, 0.25) is 11.9 Å². The molecule has 1 aromatic heterocycles. The number of thiophene rings is 1. The van der Waals surface area contributed by atoms with Gasteiger partial charge in [0.25, 0.3) is 0 Å². The largest absolute Gasteiger partial charge is 0.349 e. The molecule has 1 N–H and O–H groups in total. The number of hydrogen-bond donors (Lipinski definition) is 1. The molecule has 0 bridgehead atoms. The zero-order chi connectivity index (χ0) is 14.7. The molecular weight excluding hydrogens is 270 g/mol. The first-order valence-corrected chi connectivity index (χ1v) is 7.69. The summed E-state index contributed by atoms with van der Waals surface area (Å²) in [5, 5.41) is 5.43. The van der Waals surface area contributed by atoms with Crippen LogP contribution < -0.4 is 5.32 Å². The van der Waals surface area contributed by atoms with Gasteiger partial charge in [0.1, 0.15) is 6.17 Å². The van der Waals surface area contributed by atoms with E-state index in [1.54, 1.807) is 11.3 Å². The molecule has 0 aromatic carbocycles. The molecule has 0 radical (unpaired) electrons. The van der Waals surface area contributed by atoms with Crippen LogP contribution in [0, 0.1) is 6.92 Å². The number of aryl methyl sites for hydroxylation is 1. The number of hydrogen-bond acceptors (Lipinski definition) is 6. The van der Waals surface area contributed by atoms with Crippen LogP contribution >= 0.6 is 11.3 Å².